The van der Waals surface area contributed by atoms with Crippen LogP contribution in [0, 0.1) is 29.1 Å². The Balaban J connectivity index is 2.99. The van der Waals surface area contributed by atoms with E-state index in [4.69, 9.17) is 5.26 Å². The van der Waals surface area contributed by atoms with E-state index in [0.29, 0.717) is 5.56 Å². The summed E-state index contributed by atoms with van der Waals surface area (Å²) in [5, 5.41) is 8.06. The van der Waals surface area contributed by atoms with E-state index >= 15 is 0 Å². The van der Waals surface area contributed by atoms with Gasteiger partial charge in [-0.1, -0.05) is 5.92 Å². The van der Waals surface area contributed by atoms with Crippen molar-refractivity contribution in [2.45, 2.75) is 0 Å². The summed E-state index contributed by atoms with van der Waals surface area (Å²) in [6.45, 7) is 0. The van der Waals surface area contributed by atoms with Gasteiger partial charge in [0.1, 0.15) is 0 Å². The molecule has 0 saturated heterocycles. The first-order valence-corrected chi connectivity index (χ1v) is 2.84. The van der Waals surface area contributed by atoms with Crippen LogP contribution in [0.3, 0.4) is 0 Å². The highest BCUT2D eigenvalue weighted by molar-refractivity contribution is 5.36. The van der Waals surface area contributed by atoms with Crippen LogP contribution in [-0.4, -0.2) is 4.98 Å². The summed E-state index contributed by atoms with van der Waals surface area (Å²) in [6.07, 6.45) is 1.30. The Bertz CT molecular complexity index is 354. The summed E-state index contributed by atoms with van der Waals surface area (Å²) in [7, 11) is 0. The molecule has 1 aromatic rings. The molecule has 1 rings (SSSR count). The summed E-state index contributed by atoms with van der Waals surface area (Å²) in [5.41, 5.74) is 0.457. The SMILES string of the molecule is N#CC#Cc1ccnc(F)c1. The lowest BCUT2D eigenvalue weighted by Crippen LogP contribution is -1.81. The molecule has 3 heteroatoms. The van der Waals surface area contributed by atoms with E-state index in [0.717, 1.165) is 0 Å². The smallest absolute Gasteiger partial charge is 0.214 e. The third kappa shape index (κ3) is 2.08. The van der Waals surface area contributed by atoms with Crippen molar-refractivity contribution in [3.05, 3.63) is 29.8 Å². The summed E-state index contributed by atoms with van der Waals surface area (Å²) < 4.78 is 12.3. The van der Waals surface area contributed by atoms with Gasteiger partial charge in [-0.3, -0.25) is 0 Å². The van der Waals surface area contributed by atoms with Gasteiger partial charge < -0.3 is 0 Å². The molecule has 1 aromatic heterocycles. The molecule has 0 unspecified atom stereocenters. The number of hydrogen-bond acceptors (Lipinski definition) is 2. The molecule has 0 fully saturated rings. The predicted molar refractivity (Wildman–Crippen MR) is 36.7 cm³/mol. The van der Waals surface area contributed by atoms with Gasteiger partial charge in [0.2, 0.25) is 5.95 Å². The number of aromatic nitrogens is 1. The second-order valence-corrected chi connectivity index (χ2v) is 1.73. The van der Waals surface area contributed by atoms with Crippen molar-refractivity contribution in [1.82, 2.24) is 4.98 Å². The minimum absolute atomic E-state index is 0.457. The van der Waals surface area contributed by atoms with Crippen molar-refractivity contribution in [1.29, 1.82) is 5.26 Å². The average molecular weight is 146 g/mol. The van der Waals surface area contributed by atoms with E-state index in [2.05, 4.69) is 16.8 Å². The average Bonchev–Trinajstić information content (AvgIpc) is 2.01. The first-order valence-electron chi connectivity index (χ1n) is 2.84. The Hall–Kier alpha value is -1.87. The van der Waals surface area contributed by atoms with Crippen molar-refractivity contribution in [3.8, 4) is 17.9 Å². The van der Waals surface area contributed by atoms with Crippen LogP contribution in [-0.2, 0) is 0 Å². The van der Waals surface area contributed by atoms with Gasteiger partial charge in [0.25, 0.3) is 0 Å². The van der Waals surface area contributed by atoms with E-state index in [1.807, 2.05) is 0 Å². The summed E-state index contributed by atoms with van der Waals surface area (Å²) in [4.78, 5) is 3.33. The maximum absolute atomic E-state index is 12.3. The van der Waals surface area contributed by atoms with Gasteiger partial charge in [-0.2, -0.15) is 9.65 Å². The van der Waals surface area contributed by atoms with Crippen LogP contribution in [0.5, 0.6) is 0 Å². The highest BCUT2D eigenvalue weighted by Crippen LogP contribution is 1.96. The zero-order chi connectivity index (χ0) is 8.10. The monoisotopic (exact) mass is 146 g/mol. The lowest BCUT2D eigenvalue weighted by Gasteiger charge is -1.86. The second-order valence-electron chi connectivity index (χ2n) is 1.73. The van der Waals surface area contributed by atoms with E-state index in [1.54, 1.807) is 6.07 Å². The second kappa shape index (κ2) is 3.34. The molecule has 0 bridgehead atoms. The minimum atomic E-state index is -0.588. The molecule has 2 nitrogen and oxygen atoms in total. The minimum Gasteiger partial charge on any atom is -0.228 e. The molecule has 52 valence electrons. The Morgan fingerprint density at radius 1 is 1.55 bits per heavy atom. The molecule has 11 heavy (non-hydrogen) atoms. The number of pyridine rings is 1. The molecule has 0 spiro atoms. The van der Waals surface area contributed by atoms with Crippen LogP contribution < -0.4 is 0 Å². The molecule has 0 aliphatic heterocycles. The van der Waals surface area contributed by atoms with Crippen molar-refractivity contribution in [3.63, 3.8) is 0 Å². The molecule has 0 saturated carbocycles. The third-order valence-electron chi connectivity index (χ3n) is 0.989. The van der Waals surface area contributed by atoms with Crippen molar-refractivity contribution < 1.29 is 4.39 Å². The van der Waals surface area contributed by atoms with E-state index in [9.17, 15) is 4.39 Å². The maximum Gasteiger partial charge on any atom is 0.214 e. The van der Waals surface area contributed by atoms with Crippen LogP contribution in [0.2, 0.25) is 0 Å². The maximum atomic E-state index is 12.3. The lowest BCUT2D eigenvalue weighted by atomic mass is 10.3. The van der Waals surface area contributed by atoms with Gasteiger partial charge in [0.05, 0.1) is 0 Å². The topological polar surface area (TPSA) is 36.7 Å². The van der Waals surface area contributed by atoms with Crippen molar-refractivity contribution >= 4 is 0 Å². The van der Waals surface area contributed by atoms with Crippen LogP contribution in [0.15, 0.2) is 18.3 Å². The first-order chi connectivity index (χ1) is 5.33. The molecule has 0 aromatic carbocycles. The normalized spacial score (nSPS) is 7.64. The van der Waals surface area contributed by atoms with Gasteiger partial charge in [0.15, 0.2) is 6.07 Å². The van der Waals surface area contributed by atoms with Crippen molar-refractivity contribution in [2.24, 2.45) is 0 Å². The summed E-state index contributed by atoms with van der Waals surface area (Å²) in [5.74, 6) is 4.01. The molecule has 0 radical (unpaired) electrons. The number of hydrogen-bond donors (Lipinski definition) is 0. The predicted octanol–water partition coefficient (Wildman–Crippen LogP) is 1.10. The fourth-order valence-electron chi connectivity index (χ4n) is 0.580. The van der Waals surface area contributed by atoms with Crippen LogP contribution in [0.4, 0.5) is 4.39 Å². The molecule has 0 atom stereocenters. The highest BCUT2D eigenvalue weighted by atomic mass is 19.1. The Morgan fingerprint density at radius 3 is 3.00 bits per heavy atom. The largest absolute Gasteiger partial charge is 0.228 e. The summed E-state index contributed by atoms with van der Waals surface area (Å²) in [6, 6.07) is 4.34. The van der Waals surface area contributed by atoms with Crippen LogP contribution in [0.1, 0.15) is 5.56 Å². The van der Waals surface area contributed by atoms with E-state index in [1.165, 1.54) is 18.3 Å². The van der Waals surface area contributed by atoms with Crippen LogP contribution in [0.25, 0.3) is 0 Å². The lowest BCUT2D eigenvalue weighted by molar-refractivity contribution is 0.583. The Labute approximate surface area is 63.3 Å². The van der Waals surface area contributed by atoms with E-state index in [-0.39, 0.29) is 0 Å². The molecule has 0 aliphatic rings. The van der Waals surface area contributed by atoms with Crippen molar-refractivity contribution in [2.75, 3.05) is 0 Å². The third-order valence-corrected chi connectivity index (χ3v) is 0.989. The van der Waals surface area contributed by atoms with Crippen LogP contribution >= 0.6 is 0 Å². The zero-order valence-corrected chi connectivity index (χ0v) is 5.50. The molecular weight excluding hydrogens is 143 g/mol. The first kappa shape index (κ1) is 7.24. The fraction of sp³-hybridized carbons (Fsp3) is 0. The highest BCUT2D eigenvalue weighted by Gasteiger charge is 1.89. The Kier molecular flexibility index (Phi) is 2.20. The fourth-order valence-corrected chi connectivity index (χ4v) is 0.580. The molecule has 0 amide bonds. The molecule has 0 aliphatic carbocycles. The quantitative estimate of drug-likeness (QED) is 0.406. The molecule has 1 heterocycles. The number of halogens is 1. The van der Waals surface area contributed by atoms with Gasteiger partial charge >= 0.3 is 0 Å². The molecular formula is C8H3FN2. The van der Waals surface area contributed by atoms with Gasteiger partial charge in [-0.05, 0) is 6.07 Å². The van der Waals surface area contributed by atoms with E-state index < -0.39 is 5.95 Å². The number of nitrogens with zero attached hydrogens (tertiary/aromatic N) is 2. The van der Waals surface area contributed by atoms with Gasteiger partial charge in [-0.15, -0.1) is 0 Å². The van der Waals surface area contributed by atoms with Gasteiger partial charge in [0, 0.05) is 23.7 Å². The standard InChI is InChI=1S/C8H3FN2/c9-8-6-7(2-1-4-10)3-5-11-8/h3,5-6H. The molecule has 0 N–H and O–H groups in total. The number of rotatable bonds is 0. The Morgan fingerprint density at radius 2 is 2.36 bits per heavy atom. The summed E-state index contributed by atoms with van der Waals surface area (Å²) >= 11 is 0. The zero-order valence-electron chi connectivity index (χ0n) is 5.50. The number of nitriles is 1. The van der Waals surface area contributed by atoms with Gasteiger partial charge in [-0.25, -0.2) is 4.98 Å².